The van der Waals surface area contributed by atoms with Gasteiger partial charge in [0.15, 0.2) is 11.6 Å². The summed E-state index contributed by atoms with van der Waals surface area (Å²) in [6, 6.07) is 15.1. The molecule has 2 aromatic carbocycles. The summed E-state index contributed by atoms with van der Waals surface area (Å²) >= 11 is 0. The number of unbranched alkanes of at least 4 members (excludes halogenated alkanes) is 1. The van der Waals surface area contributed by atoms with E-state index in [-0.39, 0.29) is 5.91 Å². The number of carbonyl (C=O) groups excluding carboxylic acids is 1. The summed E-state index contributed by atoms with van der Waals surface area (Å²) in [5, 5.41) is 15.8. The fourth-order valence-electron chi connectivity index (χ4n) is 3.51. The van der Waals surface area contributed by atoms with Gasteiger partial charge in [-0.05, 0) is 43.2 Å². The molecule has 1 amide bonds. The van der Waals surface area contributed by atoms with E-state index < -0.39 is 0 Å². The second kappa shape index (κ2) is 10.5. The van der Waals surface area contributed by atoms with Crippen molar-refractivity contribution in [2.75, 3.05) is 13.7 Å². The molecule has 4 rings (SSSR count). The summed E-state index contributed by atoms with van der Waals surface area (Å²) in [4.78, 5) is 19.1. The first-order valence-corrected chi connectivity index (χ1v) is 11.0. The Hall–Kier alpha value is -4.01. The van der Waals surface area contributed by atoms with Gasteiger partial charge in [-0.2, -0.15) is 20.1 Å². The van der Waals surface area contributed by atoms with Gasteiger partial charge < -0.3 is 10.1 Å². The number of benzene rings is 2. The van der Waals surface area contributed by atoms with Gasteiger partial charge in [0.25, 0.3) is 5.91 Å². The predicted molar refractivity (Wildman–Crippen MR) is 124 cm³/mol. The smallest absolute Gasteiger partial charge is 0.251 e. The number of ether oxygens (including phenoxy) is 1. The van der Waals surface area contributed by atoms with Crippen LogP contribution in [0.2, 0.25) is 0 Å². The number of nitrogens with one attached hydrogen (secondary N) is 1. The highest BCUT2D eigenvalue weighted by atomic mass is 16.5. The lowest BCUT2D eigenvalue weighted by molar-refractivity contribution is 0.0952. The van der Waals surface area contributed by atoms with Crippen molar-refractivity contribution in [3.05, 3.63) is 72.3 Å². The fourth-order valence-corrected chi connectivity index (χ4v) is 3.51. The zero-order valence-corrected chi connectivity index (χ0v) is 18.8. The van der Waals surface area contributed by atoms with Crippen LogP contribution < -0.4 is 10.1 Å². The Morgan fingerprint density at radius 3 is 2.67 bits per heavy atom. The molecule has 0 spiro atoms. The molecule has 4 aromatic rings. The zero-order valence-electron chi connectivity index (χ0n) is 18.8. The molecule has 170 valence electrons. The number of amides is 1. The van der Waals surface area contributed by atoms with E-state index in [1.165, 1.54) is 0 Å². The van der Waals surface area contributed by atoms with Gasteiger partial charge in [0.1, 0.15) is 5.75 Å². The Morgan fingerprint density at radius 1 is 1.06 bits per heavy atom. The maximum Gasteiger partial charge on any atom is 0.251 e. The highest BCUT2D eigenvalue weighted by Crippen LogP contribution is 2.30. The van der Waals surface area contributed by atoms with E-state index >= 15 is 0 Å². The number of hydrogen-bond acceptors (Lipinski definition) is 6. The molecule has 33 heavy (non-hydrogen) atoms. The molecule has 0 aliphatic carbocycles. The van der Waals surface area contributed by atoms with Gasteiger partial charge in [0.05, 0.1) is 37.3 Å². The molecule has 0 radical (unpaired) electrons. The zero-order chi connectivity index (χ0) is 23.0. The van der Waals surface area contributed by atoms with Gasteiger partial charge in [0, 0.05) is 18.5 Å². The third-order valence-electron chi connectivity index (χ3n) is 5.21. The number of aromatic nitrogens is 6. The fraction of sp³-hybridized carbons (Fsp3) is 0.292. The van der Waals surface area contributed by atoms with Gasteiger partial charge >= 0.3 is 0 Å². The summed E-state index contributed by atoms with van der Waals surface area (Å²) < 4.78 is 7.30. The molecule has 1 N–H and O–H groups in total. The molecule has 9 heteroatoms. The second-order valence-electron chi connectivity index (χ2n) is 7.46. The minimum absolute atomic E-state index is 0.122. The minimum Gasteiger partial charge on any atom is -0.496 e. The third kappa shape index (κ3) is 5.25. The average Bonchev–Trinajstić information content (AvgIpc) is 3.54. The van der Waals surface area contributed by atoms with Crippen LogP contribution in [0.15, 0.2) is 60.9 Å². The van der Waals surface area contributed by atoms with Crippen LogP contribution in [0.1, 0.15) is 35.9 Å². The number of para-hydroxylation sites is 1. The van der Waals surface area contributed by atoms with Crippen molar-refractivity contribution >= 4 is 5.91 Å². The topological polar surface area (TPSA) is 99.8 Å². The largest absolute Gasteiger partial charge is 0.496 e. The van der Waals surface area contributed by atoms with Crippen molar-refractivity contribution in [2.45, 2.75) is 32.7 Å². The van der Waals surface area contributed by atoms with Crippen molar-refractivity contribution in [1.29, 1.82) is 0 Å². The lowest BCUT2D eigenvalue weighted by Gasteiger charge is -2.11. The van der Waals surface area contributed by atoms with E-state index in [1.54, 1.807) is 35.0 Å². The summed E-state index contributed by atoms with van der Waals surface area (Å²) in [6.45, 7) is 3.33. The minimum atomic E-state index is -0.122. The molecular weight excluding hydrogens is 418 g/mol. The number of nitrogens with zero attached hydrogens (tertiary/aromatic N) is 6. The summed E-state index contributed by atoms with van der Waals surface area (Å²) in [5.74, 6) is 1.99. The highest BCUT2D eigenvalue weighted by Gasteiger charge is 2.17. The Kier molecular flexibility index (Phi) is 7.09. The molecule has 2 aromatic heterocycles. The maximum absolute atomic E-state index is 12.7. The quantitative estimate of drug-likeness (QED) is 0.376. The van der Waals surface area contributed by atoms with Crippen LogP contribution in [-0.2, 0) is 13.0 Å². The average molecular weight is 446 g/mol. The molecule has 0 aliphatic heterocycles. The Balaban J connectivity index is 1.49. The van der Waals surface area contributed by atoms with E-state index in [0.717, 1.165) is 36.5 Å². The van der Waals surface area contributed by atoms with Crippen LogP contribution >= 0.6 is 0 Å². The monoisotopic (exact) mass is 445 g/mol. The molecular formula is C24H27N7O2. The van der Waals surface area contributed by atoms with Crippen LogP contribution in [-0.4, -0.2) is 49.3 Å². The molecule has 0 atom stereocenters. The summed E-state index contributed by atoms with van der Waals surface area (Å²) in [6.07, 6.45) is 5.74. The van der Waals surface area contributed by atoms with Gasteiger partial charge in [-0.3, -0.25) is 4.79 Å². The summed E-state index contributed by atoms with van der Waals surface area (Å²) in [5.41, 5.74) is 2.18. The van der Waals surface area contributed by atoms with Crippen molar-refractivity contribution in [3.8, 4) is 22.8 Å². The second-order valence-corrected chi connectivity index (χ2v) is 7.46. The first kappa shape index (κ1) is 22.2. The third-order valence-corrected chi connectivity index (χ3v) is 5.21. The highest BCUT2D eigenvalue weighted by molar-refractivity contribution is 5.94. The van der Waals surface area contributed by atoms with Crippen molar-refractivity contribution < 1.29 is 9.53 Å². The van der Waals surface area contributed by atoms with Crippen LogP contribution in [0.25, 0.3) is 17.1 Å². The normalized spacial score (nSPS) is 10.8. The van der Waals surface area contributed by atoms with Crippen LogP contribution in [0.3, 0.4) is 0 Å². The van der Waals surface area contributed by atoms with Crippen LogP contribution in [0.5, 0.6) is 5.75 Å². The van der Waals surface area contributed by atoms with E-state index in [0.29, 0.717) is 30.1 Å². The van der Waals surface area contributed by atoms with E-state index in [4.69, 9.17) is 9.72 Å². The number of carbonyl (C=O) groups is 1. The van der Waals surface area contributed by atoms with Crippen LogP contribution in [0, 0.1) is 0 Å². The first-order valence-electron chi connectivity index (χ1n) is 11.0. The van der Waals surface area contributed by atoms with Crippen LogP contribution in [0.4, 0.5) is 0 Å². The number of methoxy groups -OCH3 is 1. The standard InChI is InChI=1S/C24H27N7O2/c1-3-22-28-23(20-11-4-5-12-21(20)33-2)31(29-22)19-10-8-9-18(17-19)24(32)25-13-6-7-16-30-26-14-15-27-30/h4-5,8-12,14-15,17H,3,6-7,13,16H2,1-2H3,(H,25,32). The Morgan fingerprint density at radius 2 is 1.88 bits per heavy atom. The Bertz CT molecular complexity index is 1200. The SMILES string of the molecule is CCc1nc(-c2ccccc2OC)n(-c2cccc(C(=O)NCCCCn3nccn3)c2)n1. The lowest BCUT2D eigenvalue weighted by Crippen LogP contribution is -2.24. The number of hydrogen-bond donors (Lipinski definition) is 1. The molecule has 0 fully saturated rings. The predicted octanol–water partition coefficient (Wildman–Crippen LogP) is 3.31. The molecule has 0 bridgehead atoms. The Labute approximate surface area is 192 Å². The van der Waals surface area contributed by atoms with E-state index in [1.807, 2.05) is 49.4 Å². The van der Waals surface area contributed by atoms with Gasteiger partial charge in [-0.15, -0.1) is 0 Å². The van der Waals surface area contributed by atoms with Gasteiger partial charge in [-0.25, -0.2) is 9.67 Å². The van der Waals surface area contributed by atoms with E-state index in [2.05, 4.69) is 20.6 Å². The summed E-state index contributed by atoms with van der Waals surface area (Å²) in [7, 11) is 1.64. The van der Waals surface area contributed by atoms with Gasteiger partial charge in [0.2, 0.25) is 0 Å². The molecule has 2 heterocycles. The maximum atomic E-state index is 12.7. The van der Waals surface area contributed by atoms with Crippen molar-refractivity contribution in [1.82, 2.24) is 35.1 Å². The molecule has 9 nitrogen and oxygen atoms in total. The molecule has 0 saturated carbocycles. The lowest BCUT2D eigenvalue weighted by atomic mass is 10.1. The molecule has 0 saturated heterocycles. The van der Waals surface area contributed by atoms with E-state index in [9.17, 15) is 4.79 Å². The number of aryl methyl sites for hydroxylation is 2. The van der Waals surface area contributed by atoms with Crippen molar-refractivity contribution in [3.63, 3.8) is 0 Å². The molecule has 0 unspecified atom stereocenters. The molecule has 0 aliphatic rings. The number of rotatable bonds is 10. The van der Waals surface area contributed by atoms with Gasteiger partial charge in [-0.1, -0.05) is 25.1 Å². The van der Waals surface area contributed by atoms with Crippen molar-refractivity contribution in [2.24, 2.45) is 0 Å². The first-order chi connectivity index (χ1) is 16.2.